The number of hydrogen-bond donors (Lipinski definition) is 0. The summed E-state index contributed by atoms with van der Waals surface area (Å²) >= 11 is 0. The first kappa shape index (κ1) is 9.78. The highest BCUT2D eigenvalue weighted by Gasteiger charge is 1.95. The maximum Gasteiger partial charge on any atom is 0.127 e. The molecule has 0 aliphatic rings. The summed E-state index contributed by atoms with van der Waals surface area (Å²) in [5, 5.41) is 0. The summed E-state index contributed by atoms with van der Waals surface area (Å²) in [6.07, 6.45) is 0. The van der Waals surface area contributed by atoms with E-state index < -0.39 is 0 Å². The van der Waals surface area contributed by atoms with Crippen LogP contribution in [0.1, 0.15) is 11.1 Å². The van der Waals surface area contributed by atoms with E-state index in [4.69, 9.17) is 4.74 Å². The molecule has 2 aromatic rings. The molecule has 2 aromatic carbocycles. The highest BCUT2D eigenvalue weighted by molar-refractivity contribution is 5.33. The summed E-state index contributed by atoms with van der Waals surface area (Å²) in [5.74, 6) is 1.76. The van der Waals surface area contributed by atoms with E-state index in [0.29, 0.717) is 0 Å². The van der Waals surface area contributed by atoms with Crippen LogP contribution in [0.5, 0.6) is 11.5 Å². The normalized spacial score (nSPS) is 10.0. The number of benzene rings is 2. The highest BCUT2D eigenvalue weighted by atomic mass is 16.5. The zero-order chi connectivity index (χ0) is 10.7. The Labute approximate surface area is 90.3 Å². The predicted molar refractivity (Wildman–Crippen MR) is 62.4 cm³/mol. The lowest BCUT2D eigenvalue weighted by Crippen LogP contribution is -1.84. The molecule has 76 valence electrons. The Kier molecular flexibility index (Phi) is 2.72. The fourth-order valence-corrected chi connectivity index (χ4v) is 1.35. The van der Waals surface area contributed by atoms with Gasteiger partial charge >= 0.3 is 0 Å². The molecule has 0 radical (unpaired) electrons. The summed E-state index contributed by atoms with van der Waals surface area (Å²) in [6, 6.07) is 16.1. The fourth-order valence-electron chi connectivity index (χ4n) is 1.35. The Bertz CT molecular complexity index is 382. The molecule has 0 spiro atoms. The van der Waals surface area contributed by atoms with E-state index in [1.54, 1.807) is 0 Å². The third-order valence-corrected chi connectivity index (χ3v) is 2.28. The van der Waals surface area contributed by atoms with Crippen LogP contribution in [0.25, 0.3) is 0 Å². The molecule has 0 saturated carbocycles. The molecule has 2 rings (SSSR count). The lowest BCUT2D eigenvalue weighted by Gasteiger charge is -2.05. The van der Waals surface area contributed by atoms with E-state index in [2.05, 4.69) is 13.8 Å². The van der Waals surface area contributed by atoms with Gasteiger partial charge in [-0.1, -0.05) is 35.4 Å². The molecule has 15 heavy (non-hydrogen) atoms. The minimum atomic E-state index is 0.879. The lowest BCUT2D eigenvalue weighted by molar-refractivity contribution is 0.482. The lowest BCUT2D eigenvalue weighted by atomic mass is 10.2. The van der Waals surface area contributed by atoms with Crippen molar-refractivity contribution < 1.29 is 4.74 Å². The molecule has 0 N–H and O–H groups in total. The third-order valence-electron chi connectivity index (χ3n) is 2.28. The highest BCUT2D eigenvalue weighted by Crippen LogP contribution is 2.21. The van der Waals surface area contributed by atoms with Crippen molar-refractivity contribution >= 4 is 0 Å². The number of ether oxygens (including phenoxy) is 1. The Morgan fingerprint density at radius 1 is 0.600 bits per heavy atom. The van der Waals surface area contributed by atoms with Gasteiger partial charge in [-0.25, -0.2) is 0 Å². The maximum absolute atomic E-state index is 5.69. The average Bonchev–Trinajstić information content (AvgIpc) is 2.25. The summed E-state index contributed by atoms with van der Waals surface area (Å²) in [4.78, 5) is 0. The smallest absolute Gasteiger partial charge is 0.127 e. The van der Waals surface area contributed by atoms with Crippen LogP contribution in [0.4, 0.5) is 0 Å². The second kappa shape index (κ2) is 4.18. The van der Waals surface area contributed by atoms with Crippen LogP contribution in [0.3, 0.4) is 0 Å². The van der Waals surface area contributed by atoms with Crippen molar-refractivity contribution in [2.24, 2.45) is 0 Å². The third kappa shape index (κ3) is 2.59. The van der Waals surface area contributed by atoms with Crippen molar-refractivity contribution in [2.45, 2.75) is 13.8 Å². The van der Waals surface area contributed by atoms with Crippen LogP contribution in [0.15, 0.2) is 48.5 Å². The summed E-state index contributed by atoms with van der Waals surface area (Å²) in [5.41, 5.74) is 2.48. The van der Waals surface area contributed by atoms with Crippen molar-refractivity contribution in [1.82, 2.24) is 0 Å². The van der Waals surface area contributed by atoms with Gasteiger partial charge in [0.05, 0.1) is 0 Å². The molecule has 1 nitrogen and oxygen atoms in total. The summed E-state index contributed by atoms with van der Waals surface area (Å²) in [7, 11) is 0. The SMILES string of the molecule is Cc1ccc(Oc2ccc(C)cc2)cc1. The van der Waals surface area contributed by atoms with E-state index in [1.807, 2.05) is 48.5 Å². The molecular weight excluding hydrogens is 184 g/mol. The maximum atomic E-state index is 5.69. The first-order valence-electron chi connectivity index (χ1n) is 5.05. The minimum absolute atomic E-state index is 0.879. The zero-order valence-corrected chi connectivity index (χ0v) is 9.03. The fraction of sp³-hybridized carbons (Fsp3) is 0.143. The van der Waals surface area contributed by atoms with Crippen molar-refractivity contribution in [3.05, 3.63) is 59.7 Å². The molecule has 1 heteroatoms. The van der Waals surface area contributed by atoms with Crippen LogP contribution in [-0.2, 0) is 0 Å². The van der Waals surface area contributed by atoms with Crippen LogP contribution in [-0.4, -0.2) is 0 Å². The minimum Gasteiger partial charge on any atom is -0.457 e. The van der Waals surface area contributed by atoms with Gasteiger partial charge in [0.15, 0.2) is 0 Å². The predicted octanol–water partition coefficient (Wildman–Crippen LogP) is 4.10. The van der Waals surface area contributed by atoms with E-state index in [0.717, 1.165) is 11.5 Å². The first-order chi connectivity index (χ1) is 7.24. The topological polar surface area (TPSA) is 9.23 Å². The molecule has 0 amide bonds. The van der Waals surface area contributed by atoms with Gasteiger partial charge in [-0.15, -0.1) is 0 Å². The van der Waals surface area contributed by atoms with Crippen molar-refractivity contribution in [3.63, 3.8) is 0 Å². The van der Waals surface area contributed by atoms with Gasteiger partial charge in [0, 0.05) is 0 Å². The molecule has 0 unspecified atom stereocenters. The van der Waals surface area contributed by atoms with E-state index in [1.165, 1.54) is 11.1 Å². The van der Waals surface area contributed by atoms with E-state index in [-0.39, 0.29) is 0 Å². The average molecular weight is 198 g/mol. The van der Waals surface area contributed by atoms with Gasteiger partial charge in [-0.3, -0.25) is 0 Å². The van der Waals surface area contributed by atoms with Gasteiger partial charge in [0.1, 0.15) is 11.5 Å². The largest absolute Gasteiger partial charge is 0.457 e. The number of rotatable bonds is 2. The van der Waals surface area contributed by atoms with Gasteiger partial charge < -0.3 is 4.74 Å². The molecule has 0 saturated heterocycles. The van der Waals surface area contributed by atoms with Crippen LogP contribution in [0, 0.1) is 13.8 Å². The van der Waals surface area contributed by atoms with Crippen LogP contribution in [0.2, 0.25) is 0 Å². The standard InChI is InChI=1S/C14H14O/c1-11-3-7-13(8-4-11)15-14-9-5-12(2)6-10-14/h3-10H,1-2H3. The zero-order valence-electron chi connectivity index (χ0n) is 9.03. The van der Waals surface area contributed by atoms with Crippen molar-refractivity contribution in [3.8, 4) is 11.5 Å². The second-order valence-corrected chi connectivity index (χ2v) is 3.73. The van der Waals surface area contributed by atoms with Crippen LogP contribution < -0.4 is 4.74 Å². The number of hydrogen-bond acceptors (Lipinski definition) is 1. The molecular formula is C14H14O. The molecule has 0 fully saturated rings. The molecule has 0 bridgehead atoms. The van der Waals surface area contributed by atoms with Crippen LogP contribution >= 0.6 is 0 Å². The van der Waals surface area contributed by atoms with Gasteiger partial charge in [0.25, 0.3) is 0 Å². The molecule has 0 aliphatic carbocycles. The van der Waals surface area contributed by atoms with Crippen molar-refractivity contribution in [2.75, 3.05) is 0 Å². The Balaban J connectivity index is 2.15. The van der Waals surface area contributed by atoms with E-state index >= 15 is 0 Å². The Hall–Kier alpha value is -1.76. The molecule has 0 heterocycles. The second-order valence-electron chi connectivity index (χ2n) is 3.73. The van der Waals surface area contributed by atoms with Gasteiger partial charge in [-0.05, 0) is 38.1 Å². The summed E-state index contributed by atoms with van der Waals surface area (Å²) < 4.78 is 5.69. The van der Waals surface area contributed by atoms with Gasteiger partial charge in [-0.2, -0.15) is 0 Å². The Morgan fingerprint density at radius 3 is 1.27 bits per heavy atom. The first-order valence-corrected chi connectivity index (χ1v) is 5.05. The monoisotopic (exact) mass is 198 g/mol. The quantitative estimate of drug-likeness (QED) is 0.706. The number of aryl methyl sites for hydroxylation is 2. The van der Waals surface area contributed by atoms with Crippen molar-refractivity contribution in [1.29, 1.82) is 0 Å². The molecule has 0 atom stereocenters. The molecule has 0 aromatic heterocycles. The van der Waals surface area contributed by atoms with Gasteiger partial charge in [0.2, 0.25) is 0 Å². The molecule has 0 aliphatic heterocycles. The Morgan fingerprint density at radius 2 is 0.933 bits per heavy atom. The van der Waals surface area contributed by atoms with E-state index in [9.17, 15) is 0 Å². The summed E-state index contributed by atoms with van der Waals surface area (Å²) in [6.45, 7) is 4.13.